The molecule has 14 heavy (non-hydrogen) atoms. The van der Waals surface area contributed by atoms with E-state index in [4.69, 9.17) is 9.47 Å². The molecule has 3 heteroatoms. The van der Waals surface area contributed by atoms with Crippen molar-refractivity contribution in [3.63, 3.8) is 0 Å². The first-order valence-corrected chi connectivity index (χ1v) is 5.91. The standard InChI is InChI=1S/C11H14O2S/c1-8-3-4-10(14-2)9(7-8)11-12-5-6-13-11/h3-4,7,11H,5-6H2,1-2H3. The third-order valence-corrected chi connectivity index (χ3v) is 3.07. The molecule has 0 radical (unpaired) electrons. The van der Waals surface area contributed by atoms with Gasteiger partial charge in [-0.15, -0.1) is 11.8 Å². The molecular formula is C11H14O2S. The van der Waals surface area contributed by atoms with Gasteiger partial charge in [-0.1, -0.05) is 11.6 Å². The van der Waals surface area contributed by atoms with Gasteiger partial charge < -0.3 is 9.47 Å². The Morgan fingerprint density at radius 3 is 2.64 bits per heavy atom. The monoisotopic (exact) mass is 210 g/mol. The van der Waals surface area contributed by atoms with Crippen LogP contribution in [0.4, 0.5) is 0 Å². The molecule has 0 unspecified atom stereocenters. The Labute approximate surface area is 88.6 Å². The zero-order chi connectivity index (χ0) is 9.97. The fraction of sp³-hybridized carbons (Fsp3) is 0.455. The largest absolute Gasteiger partial charge is 0.346 e. The topological polar surface area (TPSA) is 18.5 Å². The molecule has 0 saturated carbocycles. The van der Waals surface area contributed by atoms with Crippen LogP contribution < -0.4 is 0 Å². The van der Waals surface area contributed by atoms with Crippen molar-refractivity contribution in [2.24, 2.45) is 0 Å². The van der Waals surface area contributed by atoms with Gasteiger partial charge in [-0.3, -0.25) is 0 Å². The van der Waals surface area contributed by atoms with Crippen molar-refractivity contribution in [3.05, 3.63) is 29.3 Å². The van der Waals surface area contributed by atoms with Gasteiger partial charge in [-0.2, -0.15) is 0 Å². The van der Waals surface area contributed by atoms with Crippen LogP contribution in [0.3, 0.4) is 0 Å². The van der Waals surface area contributed by atoms with Crippen molar-refractivity contribution < 1.29 is 9.47 Å². The zero-order valence-corrected chi connectivity index (χ0v) is 9.26. The highest BCUT2D eigenvalue weighted by Crippen LogP contribution is 2.31. The first-order valence-electron chi connectivity index (χ1n) is 4.69. The molecule has 1 aliphatic rings. The molecule has 0 spiro atoms. The molecule has 2 nitrogen and oxygen atoms in total. The van der Waals surface area contributed by atoms with Crippen LogP contribution in [0.5, 0.6) is 0 Å². The van der Waals surface area contributed by atoms with Crippen LogP contribution in [-0.4, -0.2) is 19.5 Å². The molecule has 0 aliphatic carbocycles. The van der Waals surface area contributed by atoms with Gasteiger partial charge in [-0.25, -0.2) is 0 Å². The van der Waals surface area contributed by atoms with Crippen LogP contribution in [-0.2, 0) is 9.47 Å². The van der Waals surface area contributed by atoms with E-state index in [9.17, 15) is 0 Å². The summed E-state index contributed by atoms with van der Waals surface area (Å²) in [5.41, 5.74) is 2.41. The van der Waals surface area contributed by atoms with Gasteiger partial charge in [0.05, 0.1) is 13.2 Å². The second-order valence-electron chi connectivity index (χ2n) is 3.32. The summed E-state index contributed by atoms with van der Waals surface area (Å²) in [7, 11) is 0. The minimum atomic E-state index is -0.155. The maximum Gasteiger partial charge on any atom is 0.185 e. The van der Waals surface area contributed by atoms with Gasteiger partial charge in [-0.05, 0) is 25.3 Å². The molecular weight excluding hydrogens is 196 g/mol. The van der Waals surface area contributed by atoms with E-state index in [1.54, 1.807) is 11.8 Å². The number of thioether (sulfide) groups is 1. The quantitative estimate of drug-likeness (QED) is 0.699. The Morgan fingerprint density at radius 2 is 2.00 bits per heavy atom. The Bertz CT molecular complexity index is 319. The second kappa shape index (κ2) is 4.34. The molecule has 1 fully saturated rings. The van der Waals surface area contributed by atoms with Crippen molar-refractivity contribution in [1.29, 1.82) is 0 Å². The predicted molar refractivity (Wildman–Crippen MR) is 57.6 cm³/mol. The highest BCUT2D eigenvalue weighted by Gasteiger charge is 2.20. The van der Waals surface area contributed by atoms with Crippen LogP contribution in [0, 0.1) is 6.92 Å². The summed E-state index contributed by atoms with van der Waals surface area (Å²) in [6, 6.07) is 6.38. The molecule has 1 heterocycles. The van der Waals surface area contributed by atoms with Gasteiger partial charge in [0.25, 0.3) is 0 Å². The van der Waals surface area contributed by atoms with Crippen LogP contribution in [0.15, 0.2) is 23.1 Å². The summed E-state index contributed by atoms with van der Waals surface area (Å²) in [6.45, 7) is 3.49. The molecule has 1 aromatic rings. The van der Waals surface area contributed by atoms with E-state index in [-0.39, 0.29) is 6.29 Å². The molecule has 0 bridgehead atoms. The van der Waals surface area contributed by atoms with Gasteiger partial charge in [0, 0.05) is 10.5 Å². The minimum Gasteiger partial charge on any atom is -0.346 e. The van der Waals surface area contributed by atoms with E-state index >= 15 is 0 Å². The lowest BCUT2D eigenvalue weighted by atomic mass is 10.1. The van der Waals surface area contributed by atoms with Crippen molar-refractivity contribution in [3.8, 4) is 0 Å². The summed E-state index contributed by atoms with van der Waals surface area (Å²) in [6.07, 6.45) is 1.92. The minimum absolute atomic E-state index is 0.155. The first kappa shape index (κ1) is 10.0. The van der Waals surface area contributed by atoms with Crippen LogP contribution in [0.2, 0.25) is 0 Å². The molecule has 0 amide bonds. The molecule has 76 valence electrons. The molecule has 2 rings (SSSR count). The summed E-state index contributed by atoms with van der Waals surface area (Å²) in [5.74, 6) is 0. The lowest BCUT2D eigenvalue weighted by Gasteiger charge is -2.13. The van der Waals surface area contributed by atoms with Crippen LogP contribution in [0.25, 0.3) is 0 Å². The fourth-order valence-corrected chi connectivity index (χ4v) is 2.17. The first-order chi connectivity index (χ1) is 6.81. The average Bonchev–Trinajstić information content (AvgIpc) is 2.70. The number of hydrogen-bond donors (Lipinski definition) is 0. The van der Waals surface area contributed by atoms with E-state index in [0.717, 1.165) is 5.56 Å². The molecule has 0 atom stereocenters. The van der Waals surface area contributed by atoms with Crippen LogP contribution in [0.1, 0.15) is 17.4 Å². The molecule has 0 N–H and O–H groups in total. The fourth-order valence-electron chi connectivity index (χ4n) is 1.58. The number of ether oxygens (including phenoxy) is 2. The normalized spacial score (nSPS) is 17.6. The lowest BCUT2D eigenvalue weighted by Crippen LogP contribution is -2.00. The zero-order valence-electron chi connectivity index (χ0n) is 8.45. The summed E-state index contributed by atoms with van der Waals surface area (Å²) >= 11 is 1.73. The Kier molecular flexibility index (Phi) is 3.11. The molecule has 1 aromatic carbocycles. The summed E-state index contributed by atoms with van der Waals surface area (Å²) < 4.78 is 11.0. The highest BCUT2D eigenvalue weighted by atomic mass is 32.2. The van der Waals surface area contributed by atoms with Gasteiger partial charge in [0.15, 0.2) is 6.29 Å². The van der Waals surface area contributed by atoms with Crippen molar-refractivity contribution in [2.75, 3.05) is 19.5 Å². The summed E-state index contributed by atoms with van der Waals surface area (Å²) in [4.78, 5) is 1.24. The van der Waals surface area contributed by atoms with E-state index in [1.165, 1.54) is 10.5 Å². The molecule has 1 saturated heterocycles. The van der Waals surface area contributed by atoms with Gasteiger partial charge in [0.2, 0.25) is 0 Å². The van der Waals surface area contributed by atoms with E-state index in [2.05, 4.69) is 31.4 Å². The molecule has 0 aromatic heterocycles. The maximum absolute atomic E-state index is 5.50. The van der Waals surface area contributed by atoms with Crippen molar-refractivity contribution in [2.45, 2.75) is 18.1 Å². The molecule has 1 aliphatic heterocycles. The van der Waals surface area contributed by atoms with Crippen LogP contribution >= 0.6 is 11.8 Å². The van der Waals surface area contributed by atoms with E-state index in [1.807, 2.05) is 0 Å². The maximum atomic E-state index is 5.50. The Hall–Kier alpha value is -0.510. The third-order valence-electron chi connectivity index (χ3n) is 2.26. The lowest BCUT2D eigenvalue weighted by molar-refractivity contribution is -0.0460. The summed E-state index contributed by atoms with van der Waals surface area (Å²) in [5, 5.41) is 0. The average molecular weight is 210 g/mol. The van der Waals surface area contributed by atoms with Gasteiger partial charge in [0.1, 0.15) is 0 Å². The number of rotatable bonds is 2. The van der Waals surface area contributed by atoms with E-state index < -0.39 is 0 Å². The Balaban J connectivity index is 2.33. The van der Waals surface area contributed by atoms with Gasteiger partial charge >= 0.3 is 0 Å². The number of aryl methyl sites for hydroxylation is 1. The van der Waals surface area contributed by atoms with Crippen molar-refractivity contribution >= 4 is 11.8 Å². The smallest absolute Gasteiger partial charge is 0.185 e. The Morgan fingerprint density at radius 1 is 1.29 bits per heavy atom. The number of hydrogen-bond acceptors (Lipinski definition) is 3. The third kappa shape index (κ3) is 1.95. The second-order valence-corrected chi connectivity index (χ2v) is 4.17. The number of benzene rings is 1. The predicted octanol–water partition coefficient (Wildman–Crippen LogP) is 2.76. The highest BCUT2D eigenvalue weighted by molar-refractivity contribution is 7.98. The van der Waals surface area contributed by atoms with E-state index in [0.29, 0.717) is 13.2 Å². The SMILES string of the molecule is CSc1ccc(C)cc1C1OCCO1. The van der Waals surface area contributed by atoms with Crippen molar-refractivity contribution in [1.82, 2.24) is 0 Å².